The second-order valence-electron chi connectivity index (χ2n) is 5.68. The van der Waals surface area contributed by atoms with Crippen molar-refractivity contribution < 1.29 is 14.1 Å². The molecule has 2 amide bonds. The fraction of sp³-hybridized carbons (Fsp3) is 0.429. The molecule has 96 valence electrons. The molecule has 2 rings (SSSR count). The number of hydrogen-bond donors (Lipinski definition) is 0. The zero-order valence-corrected chi connectivity index (χ0v) is 11.1. The molecule has 0 N–H and O–H groups in total. The van der Waals surface area contributed by atoms with Crippen molar-refractivity contribution in [2.45, 2.75) is 6.42 Å². The summed E-state index contributed by atoms with van der Waals surface area (Å²) in [4.78, 5) is 25.5. The van der Waals surface area contributed by atoms with Crippen LogP contribution < -0.4 is 0 Å². The average Bonchev–Trinajstić information content (AvgIpc) is 2.53. The van der Waals surface area contributed by atoms with Gasteiger partial charge < -0.3 is 4.48 Å². The molecule has 4 heteroatoms. The number of carbonyl (C=O) groups excluding carboxylic acids is 2. The van der Waals surface area contributed by atoms with Gasteiger partial charge in [-0.2, -0.15) is 0 Å². The van der Waals surface area contributed by atoms with Crippen molar-refractivity contribution in [3.05, 3.63) is 35.4 Å². The Morgan fingerprint density at radius 2 is 1.50 bits per heavy atom. The molecule has 0 saturated heterocycles. The topological polar surface area (TPSA) is 37.4 Å². The third-order valence-electron chi connectivity index (χ3n) is 3.09. The Bertz CT molecular complexity index is 454. The Hall–Kier alpha value is -1.68. The van der Waals surface area contributed by atoms with Gasteiger partial charge in [0.25, 0.3) is 11.8 Å². The van der Waals surface area contributed by atoms with Crippen molar-refractivity contribution in [1.29, 1.82) is 0 Å². The SMILES string of the molecule is C[N+](C)(C)CCCN1C(=O)c2ccccc2C1=O. The van der Waals surface area contributed by atoms with Gasteiger partial charge in [-0.1, -0.05) is 12.1 Å². The van der Waals surface area contributed by atoms with Crippen LogP contribution >= 0.6 is 0 Å². The molecule has 4 nitrogen and oxygen atoms in total. The van der Waals surface area contributed by atoms with Gasteiger partial charge in [-0.3, -0.25) is 14.5 Å². The molecule has 1 aromatic carbocycles. The summed E-state index contributed by atoms with van der Waals surface area (Å²) in [5, 5.41) is 0. The maximum Gasteiger partial charge on any atom is 0.261 e. The molecule has 0 aromatic heterocycles. The van der Waals surface area contributed by atoms with E-state index in [2.05, 4.69) is 21.1 Å². The maximum absolute atomic E-state index is 12.1. The predicted octanol–water partition coefficient (Wildman–Crippen LogP) is 1.38. The molecule has 0 atom stereocenters. The third-order valence-corrected chi connectivity index (χ3v) is 3.09. The van der Waals surface area contributed by atoms with Crippen LogP contribution in [0.2, 0.25) is 0 Å². The molecule has 0 spiro atoms. The predicted molar refractivity (Wildman–Crippen MR) is 69.3 cm³/mol. The smallest absolute Gasteiger partial charge is 0.261 e. The Morgan fingerprint density at radius 3 is 1.94 bits per heavy atom. The second kappa shape index (κ2) is 4.53. The number of nitrogens with zero attached hydrogens (tertiary/aromatic N) is 2. The lowest BCUT2D eigenvalue weighted by atomic mass is 10.1. The second-order valence-corrected chi connectivity index (χ2v) is 5.68. The highest BCUT2D eigenvalue weighted by atomic mass is 16.2. The number of hydrogen-bond acceptors (Lipinski definition) is 2. The lowest BCUT2D eigenvalue weighted by Gasteiger charge is -2.24. The van der Waals surface area contributed by atoms with Crippen molar-refractivity contribution in [1.82, 2.24) is 4.90 Å². The Balaban J connectivity index is 2.05. The zero-order chi connectivity index (χ0) is 13.3. The van der Waals surface area contributed by atoms with E-state index in [4.69, 9.17) is 0 Å². The van der Waals surface area contributed by atoms with E-state index in [0.29, 0.717) is 17.7 Å². The monoisotopic (exact) mass is 247 g/mol. The first-order valence-corrected chi connectivity index (χ1v) is 6.16. The van der Waals surface area contributed by atoms with Crippen LogP contribution in [-0.4, -0.2) is 55.4 Å². The van der Waals surface area contributed by atoms with Gasteiger partial charge in [0.15, 0.2) is 0 Å². The maximum atomic E-state index is 12.1. The van der Waals surface area contributed by atoms with Crippen molar-refractivity contribution in [3.63, 3.8) is 0 Å². The van der Waals surface area contributed by atoms with Crippen LogP contribution in [0.15, 0.2) is 24.3 Å². The molecule has 1 aliphatic rings. The van der Waals surface area contributed by atoms with Crippen molar-refractivity contribution in [3.8, 4) is 0 Å². The van der Waals surface area contributed by atoms with Crippen LogP contribution in [0.25, 0.3) is 0 Å². The van der Waals surface area contributed by atoms with Gasteiger partial charge in [0.2, 0.25) is 0 Å². The minimum atomic E-state index is -0.156. The lowest BCUT2D eigenvalue weighted by Crippen LogP contribution is -2.38. The number of fused-ring (bicyclic) bond motifs is 1. The van der Waals surface area contributed by atoms with E-state index < -0.39 is 0 Å². The van der Waals surface area contributed by atoms with Crippen molar-refractivity contribution in [2.24, 2.45) is 0 Å². The summed E-state index contributed by atoms with van der Waals surface area (Å²) in [6.45, 7) is 1.44. The Kier molecular flexibility index (Phi) is 3.22. The van der Waals surface area contributed by atoms with Crippen LogP contribution in [0, 0.1) is 0 Å². The highest BCUT2D eigenvalue weighted by Gasteiger charge is 2.34. The summed E-state index contributed by atoms with van der Waals surface area (Å²) >= 11 is 0. The molecule has 0 bridgehead atoms. The number of quaternary nitrogens is 1. The number of rotatable bonds is 4. The minimum absolute atomic E-state index is 0.156. The molecule has 1 aromatic rings. The zero-order valence-electron chi connectivity index (χ0n) is 11.1. The largest absolute Gasteiger partial charge is 0.331 e. The lowest BCUT2D eigenvalue weighted by molar-refractivity contribution is -0.870. The highest BCUT2D eigenvalue weighted by Crippen LogP contribution is 2.22. The summed E-state index contributed by atoms with van der Waals surface area (Å²) in [6.07, 6.45) is 0.828. The molecule has 1 heterocycles. The summed E-state index contributed by atoms with van der Waals surface area (Å²) in [6, 6.07) is 7.02. The Morgan fingerprint density at radius 1 is 1.00 bits per heavy atom. The molecule has 0 saturated carbocycles. The normalized spacial score (nSPS) is 15.2. The first kappa shape index (κ1) is 12.8. The van der Waals surface area contributed by atoms with Gasteiger partial charge in [0.1, 0.15) is 0 Å². The molecule has 1 aliphatic heterocycles. The van der Waals surface area contributed by atoms with Crippen LogP contribution in [-0.2, 0) is 0 Å². The molecular weight excluding hydrogens is 228 g/mol. The van der Waals surface area contributed by atoms with E-state index in [1.165, 1.54) is 4.90 Å². The first-order chi connectivity index (χ1) is 8.40. The van der Waals surface area contributed by atoms with E-state index in [9.17, 15) is 9.59 Å². The minimum Gasteiger partial charge on any atom is -0.331 e. The molecule has 0 radical (unpaired) electrons. The van der Waals surface area contributed by atoms with Gasteiger partial charge in [-0.25, -0.2) is 0 Å². The summed E-state index contributed by atoms with van der Waals surface area (Å²) in [7, 11) is 6.30. The number of imide groups is 1. The summed E-state index contributed by atoms with van der Waals surface area (Å²) in [5.41, 5.74) is 1.07. The Labute approximate surface area is 107 Å². The fourth-order valence-corrected chi connectivity index (χ4v) is 2.15. The molecule has 18 heavy (non-hydrogen) atoms. The van der Waals surface area contributed by atoms with Gasteiger partial charge in [0.05, 0.1) is 38.8 Å². The van der Waals surface area contributed by atoms with Crippen LogP contribution in [0.5, 0.6) is 0 Å². The molecule has 0 aliphatic carbocycles. The summed E-state index contributed by atoms with van der Waals surface area (Å²) in [5.74, 6) is -0.311. The van der Waals surface area contributed by atoms with E-state index in [1.807, 2.05) is 0 Å². The quantitative estimate of drug-likeness (QED) is 0.595. The average molecular weight is 247 g/mol. The van der Waals surface area contributed by atoms with E-state index in [0.717, 1.165) is 17.4 Å². The van der Waals surface area contributed by atoms with Crippen molar-refractivity contribution in [2.75, 3.05) is 34.2 Å². The van der Waals surface area contributed by atoms with E-state index >= 15 is 0 Å². The highest BCUT2D eigenvalue weighted by molar-refractivity contribution is 6.21. The molecule has 0 unspecified atom stereocenters. The first-order valence-electron chi connectivity index (χ1n) is 6.16. The van der Waals surface area contributed by atoms with Crippen LogP contribution in [0.3, 0.4) is 0 Å². The van der Waals surface area contributed by atoms with E-state index in [1.54, 1.807) is 24.3 Å². The molecule has 0 fully saturated rings. The fourth-order valence-electron chi connectivity index (χ4n) is 2.15. The van der Waals surface area contributed by atoms with Crippen LogP contribution in [0.1, 0.15) is 27.1 Å². The van der Waals surface area contributed by atoms with Crippen LogP contribution in [0.4, 0.5) is 0 Å². The number of benzene rings is 1. The van der Waals surface area contributed by atoms with E-state index in [-0.39, 0.29) is 11.8 Å². The number of amides is 2. The summed E-state index contributed by atoms with van der Waals surface area (Å²) < 4.78 is 0.836. The van der Waals surface area contributed by atoms with Gasteiger partial charge in [-0.05, 0) is 12.1 Å². The van der Waals surface area contributed by atoms with Crippen molar-refractivity contribution >= 4 is 11.8 Å². The standard InChI is InChI=1S/C14H19N2O2/c1-16(2,3)10-6-9-15-13(17)11-7-4-5-8-12(11)14(15)18/h4-5,7-8H,6,9-10H2,1-3H3/q+1. The van der Waals surface area contributed by atoms with Gasteiger partial charge in [0, 0.05) is 13.0 Å². The third kappa shape index (κ3) is 2.43. The molecular formula is C14H19N2O2+. The number of carbonyl (C=O) groups is 2. The van der Waals surface area contributed by atoms with Gasteiger partial charge in [-0.15, -0.1) is 0 Å². The van der Waals surface area contributed by atoms with Gasteiger partial charge >= 0.3 is 0 Å².